The van der Waals surface area contributed by atoms with E-state index in [4.69, 9.17) is 5.41 Å². The van der Waals surface area contributed by atoms with Gasteiger partial charge in [-0.25, -0.2) is 0 Å². The van der Waals surface area contributed by atoms with Crippen molar-refractivity contribution >= 4 is 5.71 Å². The summed E-state index contributed by atoms with van der Waals surface area (Å²) in [5.41, 5.74) is 0.749. The Balaban J connectivity index is 3.27. The maximum atomic E-state index is 7.31. The van der Waals surface area contributed by atoms with Gasteiger partial charge in [-0.15, -0.1) is 0 Å². The van der Waals surface area contributed by atoms with Crippen LogP contribution >= 0.6 is 0 Å². The first-order valence-corrected chi connectivity index (χ1v) is 3.51. The molecule has 1 N–H and O–H groups in total. The number of nitrogens with one attached hydrogen (secondary N) is 1. The molecule has 0 radical (unpaired) electrons. The molecule has 0 saturated heterocycles. The van der Waals surface area contributed by atoms with Crippen molar-refractivity contribution < 1.29 is 0 Å². The Bertz CT molecular complexity index is 103. The molecule has 0 aromatic heterocycles. The van der Waals surface area contributed by atoms with Crippen LogP contribution in [0.5, 0.6) is 0 Å². The van der Waals surface area contributed by atoms with Crippen LogP contribution in [0.4, 0.5) is 0 Å². The fourth-order valence-corrected chi connectivity index (χ4v) is 0.652. The van der Waals surface area contributed by atoms with E-state index < -0.39 is 0 Å². The van der Waals surface area contributed by atoms with Crippen LogP contribution in [-0.4, -0.2) is 5.71 Å². The van der Waals surface area contributed by atoms with Crippen LogP contribution < -0.4 is 0 Å². The Labute approximate surface area is 57.3 Å². The van der Waals surface area contributed by atoms with E-state index in [1.165, 1.54) is 6.42 Å². The molecule has 0 unspecified atom stereocenters. The van der Waals surface area contributed by atoms with E-state index in [0.717, 1.165) is 18.6 Å². The van der Waals surface area contributed by atoms with Gasteiger partial charge in [-0.05, 0) is 25.8 Å². The highest BCUT2D eigenvalue weighted by molar-refractivity contribution is 5.91. The van der Waals surface area contributed by atoms with Crippen molar-refractivity contribution in [1.82, 2.24) is 0 Å². The Hall–Kier alpha value is -0.590. The zero-order valence-corrected chi connectivity index (χ0v) is 6.28. The van der Waals surface area contributed by atoms with Crippen LogP contribution in [0.3, 0.4) is 0 Å². The summed E-state index contributed by atoms with van der Waals surface area (Å²) in [7, 11) is 0. The molecule has 0 aliphatic heterocycles. The lowest BCUT2D eigenvalue weighted by Crippen LogP contribution is -1.88. The maximum Gasteiger partial charge on any atom is 0.0310 e. The average molecular weight is 125 g/mol. The van der Waals surface area contributed by atoms with Gasteiger partial charge in [0.25, 0.3) is 0 Å². The quantitative estimate of drug-likeness (QED) is 0.559. The third-order valence-corrected chi connectivity index (χ3v) is 1.17. The van der Waals surface area contributed by atoms with Crippen molar-refractivity contribution in [3.05, 3.63) is 12.2 Å². The van der Waals surface area contributed by atoms with Gasteiger partial charge in [0.05, 0.1) is 0 Å². The van der Waals surface area contributed by atoms with Gasteiger partial charge >= 0.3 is 0 Å². The van der Waals surface area contributed by atoms with Crippen molar-refractivity contribution in [3.63, 3.8) is 0 Å². The lowest BCUT2D eigenvalue weighted by Gasteiger charge is -1.92. The molecular formula is C8H15N. The molecule has 0 heterocycles. The number of hydrogen-bond acceptors (Lipinski definition) is 1. The van der Waals surface area contributed by atoms with Crippen molar-refractivity contribution in [2.45, 2.75) is 33.1 Å². The molecule has 0 aromatic carbocycles. The summed E-state index contributed by atoms with van der Waals surface area (Å²) in [4.78, 5) is 0. The summed E-state index contributed by atoms with van der Waals surface area (Å²) >= 11 is 0. The second-order valence-electron chi connectivity index (χ2n) is 2.13. The van der Waals surface area contributed by atoms with Gasteiger partial charge in [0.2, 0.25) is 0 Å². The molecule has 0 aliphatic carbocycles. The predicted octanol–water partition coefficient (Wildman–Crippen LogP) is 2.77. The predicted molar refractivity (Wildman–Crippen MR) is 42.1 cm³/mol. The molecule has 9 heavy (non-hydrogen) atoms. The minimum absolute atomic E-state index is 0.749. The van der Waals surface area contributed by atoms with Gasteiger partial charge < -0.3 is 5.41 Å². The lowest BCUT2D eigenvalue weighted by molar-refractivity contribution is 0.834. The third-order valence-electron chi connectivity index (χ3n) is 1.17. The van der Waals surface area contributed by atoms with E-state index in [1.54, 1.807) is 0 Å². The van der Waals surface area contributed by atoms with Crippen molar-refractivity contribution in [2.24, 2.45) is 0 Å². The molecular weight excluding hydrogens is 110 g/mol. The van der Waals surface area contributed by atoms with Gasteiger partial charge in [0.15, 0.2) is 0 Å². The number of rotatable bonds is 4. The Morgan fingerprint density at radius 3 is 2.67 bits per heavy atom. The molecule has 0 amide bonds. The van der Waals surface area contributed by atoms with Crippen molar-refractivity contribution in [3.8, 4) is 0 Å². The molecule has 0 rings (SSSR count). The maximum absolute atomic E-state index is 7.31. The van der Waals surface area contributed by atoms with E-state index in [-0.39, 0.29) is 0 Å². The highest BCUT2D eigenvalue weighted by Crippen LogP contribution is 1.95. The van der Waals surface area contributed by atoms with Gasteiger partial charge in [-0.2, -0.15) is 0 Å². The van der Waals surface area contributed by atoms with Crippen LogP contribution in [0.2, 0.25) is 0 Å². The van der Waals surface area contributed by atoms with E-state index in [2.05, 4.69) is 6.92 Å². The number of unbranched alkanes of at least 4 members (excludes halogenated alkanes) is 1. The van der Waals surface area contributed by atoms with Gasteiger partial charge in [-0.3, -0.25) is 0 Å². The summed E-state index contributed by atoms with van der Waals surface area (Å²) in [6, 6.07) is 0. The van der Waals surface area contributed by atoms with Gasteiger partial charge in [-0.1, -0.05) is 19.4 Å². The summed E-state index contributed by atoms with van der Waals surface area (Å²) in [6.45, 7) is 4.09. The standard InChI is InChI=1S/C8H15N/c1-3-5-7-8(9)6-4-2/h4,6,9H,3,5,7H2,1-2H3/b6-4-,9-8?. The minimum Gasteiger partial charge on any atom is -0.305 e. The highest BCUT2D eigenvalue weighted by Gasteiger charge is 1.87. The van der Waals surface area contributed by atoms with Gasteiger partial charge in [0, 0.05) is 5.71 Å². The molecule has 0 aliphatic rings. The summed E-state index contributed by atoms with van der Waals surface area (Å²) in [6.07, 6.45) is 7.03. The second kappa shape index (κ2) is 5.54. The van der Waals surface area contributed by atoms with Crippen LogP contribution in [0.25, 0.3) is 0 Å². The minimum atomic E-state index is 0.749. The van der Waals surface area contributed by atoms with Crippen LogP contribution in [0, 0.1) is 5.41 Å². The van der Waals surface area contributed by atoms with E-state index in [0.29, 0.717) is 0 Å². The monoisotopic (exact) mass is 125 g/mol. The fourth-order valence-electron chi connectivity index (χ4n) is 0.652. The smallest absolute Gasteiger partial charge is 0.0310 e. The zero-order valence-electron chi connectivity index (χ0n) is 6.28. The molecule has 0 fully saturated rings. The summed E-state index contributed by atoms with van der Waals surface area (Å²) in [5.74, 6) is 0. The zero-order chi connectivity index (χ0) is 7.11. The SMILES string of the molecule is C/C=C\C(=N)CCCC. The normalized spacial score (nSPS) is 10.4. The third kappa shape index (κ3) is 5.28. The van der Waals surface area contributed by atoms with Crippen LogP contribution in [0.1, 0.15) is 33.1 Å². The van der Waals surface area contributed by atoms with E-state index in [1.807, 2.05) is 19.1 Å². The van der Waals surface area contributed by atoms with E-state index in [9.17, 15) is 0 Å². The first-order chi connectivity index (χ1) is 4.31. The molecule has 0 aromatic rings. The molecule has 1 heteroatoms. The van der Waals surface area contributed by atoms with Crippen molar-refractivity contribution in [2.75, 3.05) is 0 Å². The van der Waals surface area contributed by atoms with Crippen LogP contribution in [-0.2, 0) is 0 Å². The van der Waals surface area contributed by atoms with Crippen molar-refractivity contribution in [1.29, 1.82) is 5.41 Å². The topological polar surface area (TPSA) is 23.9 Å². The largest absolute Gasteiger partial charge is 0.305 e. The lowest BCUT2D eigenvalue weighted by atomic mass is 10.2. The molecule has 0 spiro atoms. The second-order valence-corrected chi connectivity index (χ2v) is 2.13. The molecule has 52 valence electrons. The Morgan fingerprint density at radius 1 is 1.56 bits per heavy atom. The number of hydrogen-bond donors (Lipinski definition) is 1. The Kier molecular flexibility index (Phi) is 5.18. The fraction of sp³-hybridized carbons (Fsp3) is 0.625. The molecule has 0 bridgehead atoms. The summed E-state index contributed by atoms with van der Waals surface area (Å²) < 4.78 is 0. The molecule has 0 saturated carbocycles. The van der Waals surface area contributed by atoms with E-state index >= 15 is 0 Å². The molecule has 0 atom stereocenters. The van der Waals surface area contributed by atoms with Gasteiger partial charge in [0.1, 0.15) is 0 Å². The first-order valence-electron chi connectivity index (χ1n) is 3.51. The number of allylic oxidation sites excluding steroid dienone is 2. The Morgan fingerprint density at radius 2 is 2.22 bits per heavy atom. The molecule has 1 nitrogen and oxygen atoms in total. The first kappa shape index (κ1) is 8.41. The highest BCUT2D eigenvalue weighted by atomic mass is 14.4. The van der Waals surface area contributed by atoms with Crippen LogP contribution in [0.15, 0.2) is 12.2 Å². The summed E-state index contributed by atoms with van der Waals surface area (Å²) in [5, 5.41) is 7.31. The average Bonchev–Trinajstić information content (AvgIpc) is 1.85.